The van der Waals surface area contributed by atoms with Gasteiger partial charge in [-0.2, -0.15) is 0 Å². The minimum absolute atomic E-state index is 0.297. The highest BCUT2D eigenvalue weighted by atomic mass is 16.3. The lowest BCUT2D eigenvalue weighted by Crippen LogP contribution is -2.45. The first kappa shape index (κ1) is 14.7. The molecular formula is C16H20N4O2. The van der Waals surface area contributed by atoms with Crippen LogP contribution in [-0.2, 0) is 4.79 Å². The van der Waals surface area contributed by atoms with Gasteiger partial charge in [-0.25, -0.2) is 4.68 Å². The molecule has 3 rings (SSSR count). The number of rotatable bonds is 4. The van der Waals surface area contributed by atoms with Crippen molar-refractivity contribution in [1.29, 1.82) is 0 Å². The van der Waals surface area contributed by atoms with Crippen molar-refractivity contribution in [3.05, 3.63) is 42.2 Å². The number of nitrogens with zero attached hydrogens (tertiary/aromatic N) is 3. The van der Waals surface area contributed by atoms with E-state index in [0.29, 0.717) is 18.5 Å². The summed E-state index contributed by atoms with van der Waals surface area (Å²) in [6.07, 6.45) is 4.63. The Morgan fingerprint density at radius 2 is 2.00 bits per heavy atom. The minimum atomic E-state index is -1.22. The van der Waals surface area contributed by atoms with Crippen molar-refractivity contribution >= 4 is 5.91 Å². The van der Waals surface area contributed by atoms with E-state index in [-0.39, 0.29) is 11.9 Å². The van der Waals surface area contributed by atoms with Crippen molar-refractivity contribution < 1.29 is 9.90 Å². The normalized spacial score (nSPS) is 18.1. The van der Waals surface area contributed by atoms with Gasteiger partial charge in [0.15, 0.2) is 0 Å². The van der Waals surface area contributed by atoms with Crippen LogP contribution in [-0.4, -0.2) is 31.6 Å². The maximum absolute atomic E-state index is 12.2. The lowest BCUT2D eigenvalue weighted by molar-refractivity contribution is -0.139. The molecule has 0 saturated heterocycles. The molecule has 0 bridgehead atoms. The van der Waals surface area contributed by atoms with Crippen molar-refractivity contribution in [3.8, 4) is 5.69 Å². The predicted octanol–water partition coefficient (Wildman–Crippen LogP) is 1.75. The number of carbonyl (C=O) groups excluding carboxylic acids is 1. The highest BCUT2D eigenvalue weighted by Crippen LogP contribution is 2.30. The molecule has 2 aromatic rings. The molecule has 0 spiro atoms. The first-order valence-electron chi connectivity index (χ1n) is 7.59. The zero-order valence-electron chi connectivity index (χ0n) is 12.6. The molecule has 1 fully saturated rings. The van der Waals surface area contributed by atoms with Crippen LogP contribution < -0.4 is 5.32 Å². The molecule has 1 aromatic heterocycles. The number of hydrogen-bond acceptors (Lipinski definition) is 4. The van der Waals surface area contributed by atoms with Gasteiger partial charge >= 0.3 is 0 Å². The van der Waals surface area contributed by atoms with E-state index in [2.05, 4.69) is 15.6 Å². The molecule has 1 saturated carbocycles. The van der Waals surface area contributed by atoms with Crippen LogP contribution in [0.4, 0.5) is 0 Å². The Balaban J connectivity index is 1.69. The van der Waals surface area contributed by atoms with Crippen LogP contribution in [0.2, 0.25) is 0 Å². The van der Waals surface area contributed by atoms with Crippen molar-refractivity contribution in [3.63, 3.8) is 0 Å². The topological polar surface area (TPSA) is 80.0 Å². The molecule has 1 aliphatic carbocycles. The fourth-order valence-electron chi connectivity index (χ4n) is 2.77. The monoisotopic (exact) mass is 300 g/mol. The Morgan fingerprint density at radius 1 is 1.32 bits per heavy atom. The second kappa shape index (κ2) is 5.88. The summed E-state index contributed by atoms with van der Waals surface area (Å²) in [7, 11) is 0. The smallest absolute Gasteiger partial charge is 0.252 e. The molecular weight excluding hydrogens is 280 g/mol. The minimum Gasteiger partial charge on any atom is -0.380 e. The Kier molecular flexibility index (Phi) is 3.94. The quantitative estimate of drug-likeness (QED) is 0.901. The van der Waals surface area contributed by atoms with Gasteiger partial charge in [-0.15, -0.1) is 5.10 Å². The fraction of sp³-hybridized carbons (Fsp3) is 0.438. The van der Waals surface area contributed by atoms with E-state index in [0.717, 1.165) is 18.5 Å². The van der Waals surface area contributed by atoms with E-state index >= 15 is 0 Å². The summed E-state index contributed by atoms with van der Waals surface area (Å²) in [4.78, 5) is 12.2. The van der Waals surface area contributed by atoms with Gasteiger partial charge in [-0.1, -0.05) is 23.4 Å². The summed E-state index contributed by atoms with van der Waals surface area (Å²) < 4.78 is 1.67. The first-order valence-corrected chi connectivity index (χ1v) is 7.59. The predicted molar refractivity (Wildman–Crippen MR) is 81.3 cm³/mol. The third kappa shape index (κ3) is 2.87. The Hall–Kier alpha value is -2.21. The van der Waals surface area contributed by atoms with E-state index in [1.54, 1.807) is 10.9 Å². The van der Waals surface area contributed by atoms with Gasteiger partial charge in [0, 0.05) is 0 Å². The standard InChI is InChI=1S/C16H20N4O2/c1-12(17-15(21)16(22)9-5-6-10-16)14-11-20(19-18-14)13-7-3-2-4-8-13/h2-4,7-8,11-12,22H,5-6,9-10H2,1H3,(H,17,21). The van der Waals surface area contributed by atoms with Crippen molar-refractivity contribution in [2.75, 3.05) is 0 Å². The lowest BCUT2D eigenvalue weighted by Gasteiger charge is -2.23. The number of aromatic nitrogens is 3. The third-order valence-corrected chi connectivity index (χ3v) is 4.18. The number of aliphatic hydroxyl groups is 1. The second-order valence-corrected chi connectivity index (χ2v) is 5.86. The van der Waals surface area contributed by atoms with Crippen molar-refractivity contribution in [1.82, 2.24) is 20.3 Å². The zero-order chi connectivity index (χ0) is 15.6. The second-order valence-electron chi connectivity index (χ2n) is 5.86. The van der Waals surface area contributed by atoms with Crippen LogP contribution in [0, 0.1) is 0 Å². The Bertz CT molecular complexity index is 647. The summed E-state index contributed by atoms with van der Waals surface area (Å²) in [5.74, 6) is -0.313. The van der Waals surface area contributed by atoms with Crippen LogP contribution in [0.3, 0.4) is 0 Å². The molecule has 116 valence electrons. The van der Waals surface area contributed by atoms with E-state index in [1.807, 2.05) is 37.3 Å². The van der Waals surface area contributed by atoms with Crippen LogP contribution in [0.25, 0.3) is 5.69 Å². The van der Waals surface area contributed by atoms with Gasteiger partial charge in [-0.05, 0) is 44.7 Å². The van der Waals surface area contributed by atoms with Crippen LogP contribution >= 0.6 is 0 Å². The molecule has 1 amide bonds. The number of carbonyl (C=O) groups is 1. The molecule has 6 nitrogen and oxygen atoms in total. The van der Waals surface area contributed by atoms with Gasteiger partial charge in [-0.3, -0.25) is 4.79 Å². The van der Waals surface area contributed by atoms with Crippen LogP contribution in [0.5, 0.6) is 0 Å². The fourth-order valence-corrected chi connectivity index (χ4v) is 2.77. The number of benzene rings is 1. The Labute approximate surface area is 129 Å². The highest BCUT2D eigenvalue weighted by molar-refractivity contribution is 5.85. The van der Waals surface area contributed by atoms with Crippen molar-refractivity contribution in [2.24, 2.45) is 0 Å². The van der Waals surface area contributed by atoms with Crippen molar-refractivity contribution in [2.45, 2.75) is 44.2 Å². The summed E-state index contributed by atoms with van der Waals surface area (Å²) in [5.41, 5.74) is 0.358. The van der Waals surface area contributed by atoms with E-state index in [9.17, 15) is 9.90 Å². The molecule has 1 atom stereocenters. The van der Waals surface area contributed by atoms with Gasteiger partial charge in [0.05, 0.1) is 17.9 Å². The maximum Gasteiger partial charge on any atom is 0.252 e. The largest absolute Gasteiger partial charge is 0.380 e. The number of amides is 1. The first-order chi connectivity index (χ1) is 10.6. The third-order valence-electron chi connectivity index (χ3n) is 4.18. The molecule has 22 heavy (non-hydrogen) atoms. The summed E-state index contributed by atoms with van der Waals surface area (Å²) in [5, 5.41) is 21.3. The van der Waals surface area contributed by atoms with Gasteiger partial charge in [0.1, 0.15) is 11.3 Å². The number of nitrogens with one attached hydrogen (secondary N) is 1. The maximum atomic E-state index is 12.2. The average molecular weight is 300 g/mol. The number of hydrogen-bond donors (Lipinski definition) is 2. The summed E-state index contributed by atoms with van der Waals surface area (Å²) >= 11 is 0. The zero-order valence-corrected chi connectivity index (χ0v) is 12.6. The number of para-hydroxylation sites is 1. The van der Waals surface area contributed by atoms with E-state index in [4.69, 9.17) is 0 Å². The van der Waals surface area contributed by atoms with E-state index in [1.165, 1.54) is 0 Å². The lowest BCUT2D eigenvalue weighted by atomic mass is 10.0. The molecule has 0 radical (unpaired) electrons. The molecule has 0 aliphatic heterocycles. The molecule has 1 aliphatic rings. The van der Waals surface area contributed by atoms with Gasteiger partial charge in [0.25, 0.3) is 5.91 Å². The summed E-state index contributed by atoms with van der Waals surface area (Å²) in [6, 6.07) is 9.36. The van der Waals surface area contributed by atoms with Crippen LogP contribution in [0.15, 0.2) is 36.5 Å². The SMILES string of the molecule is CC(NC(=O)C1(O)CCCC1)c1cn(-c2ccccc2)nn1. The molecule has 2 N–H and O–H groups in total. The van der Waals surface area contributed by atoms with E-state index < -0.39 is 5.60 Å². The highest BCUT2D eigenvalue weighted by Gasteiger charge is 2.39. The van der Waals surface area contributed by atoms with Gasteiger partial charge in [0.2, 0.25) is 0 Å². The molecule has 1 heterocycles. The van der Waals surface area contributed by atoms with Crippen LogP contribution in [0.1, 0.15) is 44.3 Å². The molecule has 1 unspecified atom stereocenters. The Morgan fingerprint density at radius 3 is 2.68 bits per heavy atom. The van der Waals surface area contributed by atoms with Gasteiger partial charge < -0.3 is 10.4 Å². The summed E-state index contributed by atoms with van der Waals surface area (Å²) in [6.45, 7) is 1.84. The average Bonchev–Trinajstić information content (AvgIpc) is 3.18. The molecule has 6 heteroatoms. The molecule has 1 aromatic carbocycles.